The summed E-state index contributed by atoms with van der Waals surface area (Å²) in [5, 5.41) is 13.3. The highest BCUT2D eigenvalue weighted by molar-refractivity contribution is 7.93. The predicted molar refractivity (Wildman–Crippen MR) is 99.8 cm³/mol. The zero-order valence-corrected chi connectivity index (χ0v) is 15.2. The summed E-state index contributed by atoms with van der Waals surface area (Å²) in [5.41, 5.74) is 0.966. The maximum atomic E-state index is 12.4. The van der Waals surface area contributed by atoms with E-state index in [1.54, 1.807) is 18.2 Å². The number of anilines is 2. The number of methoxy groups -OCH3 is 1. The molecule has 1 heterocycles. The zero-order valence-electron chi connectivity index (χ0n) is 14.4. The number of rotatable bonds is 5. The van der Waals surface area contributed by atoms with Crippen LogP contribution in [0.25, 0.3) is 0 Å². The molecule has 1 aliphatic heterocycles. The second-order valence-electron chi connectivity index (χ2n) is 5.88. The van der Waals surface area contributed by atoms with Crippen molar-refractivity contribution in [3.05, 3.63) is 58.1 Å². The summed E-state index contributed by atoms with van der Waals surface area (Å²) in [6, 6.07) is 9.90. The van der Waals surface area contributed by atoms with Crippen molar-refractivity contribution >= 4 is 33.0 Å². The molecule has 27 heavy (non-hydrogen) atoms. The van der Waals surface area contributed by atoms with Crippen LogP contribution in [0.3, 0.4) is 0 Å². The van der Waals surface area contributed by atoms with Gasteiger partial charge < -0.3 is 10.1 Å². The maximum Gasteiger partial charge on any atom is 0.269 e. The third-order valence-electron chi connectivity index (χ3n) is 4.16. The van der Waals surface area contributed by atoms with Gasteiger partial charge in [0, 0.05) is 30.3 Å². The van der Waals surface area contributed by atoms with Gasteiger partial charge in [0.15, 0.2) is 0 Å². The molecule has 0 saturated carbocycles. The van der Waals surface area contributed by atoms with Crippen LogP contribution in [-0.2, 0) is 10.0 Å². The number of sulfonamides is 1. The fraction of sp³-hybridized carbons (Fsp3) is 0.235. The van der Waals surface area contributed by atoms with Gasteiger partial charge in [-0.2, -0.15) is 0 Å². The summed E-state index contributed by atoms with van der Waals surface area (Å²) in [7, 11) is -1.90. The van der Waals surface area contributed by atoms with Crippen molar-refractivity contribution in [1.82, 2.24) is 0 Å². The number of non-ortho nitro benzene ring substituents is 1. The number of carbonyl (C=O) groups excluding carboxylic acids is 1. The SMILES string of the molecule is COc1cc(N2CCCS2(=O)=O)ccc1NC(=O)c1ccc([N+](=O)[O-])cc1. The molecule has 0 unspecified atom stereocenters. The molecule has 0 aromatic heterocycles. The third-order valence-corrected chi connectivity index (χ3v) is 6.03. The molecule has 3 rings (SSSR count). The first-order chi connectivity index (χ1) is 12.8. The molecular formula is C17H17N3O6S. The lowest BCUT2D eigenvalue weighted by molar-refractivity contribution is -0.384. The summed E-state index contributed by atoms with van der Waals surface area (Å²) >= 11 is 0. The first kappa shape index (κ1) is 18.6. The van der Waals surface area contributed by atoms with Gasteiger partial charge in [0.25, 0.3) is 11.6 Å². The Morgan fingerprint density at radius 1 is 1.22 bits per heavy atom. The molecule has 2 aromatic carbocycles. The second-order valence-corrected chi connectivity index (χ2v) is 7.90. The lowest BCUT2D eigenvalue weighted by atomic mass is 10.2. The van der Waals surface area contributed by atoms with Crippen molar-refractivity contribution in [1.29, 1.82) is 0 Å². The van der Waals surface area contributed by atoms with Crippen molar-refractivity contribution in [2.24, 2.45) is 0 Å². The molecule has 9 nitrogen and oxygen atoms in total. The van der Waals surface area contributed by atoms with Crippen LogP contribution in [0.1, 0.15) is 16.8 Å². The maximum absolute atomic E-state index is 12.4. The number of hydrogen-bond acceptors (Lipinski definition) is 6. The molecule has 0 bridgehead atoms. The third kappa shape index (κ3) is 3.85. The van der Waals surface area contributed by atoms with Crippen molar-refractivity contribution in [2.45, 2.75) is 6.42 Å². The Labute approximate surface area is 155 Å². The van der Waals surface area contributed by atoms with E-state index in [9.17, 15) is 23.3 Å². The number of benzene rings is 2. The average molecular weight is 391 g/mol. The molecule has 2 aromatic rings. The monoisotopic (exact) mass is 391 g/mol. The number of nitro benzene ring substituents is 1. The number of amides is 1. The van der Waals surface area contributed by atoms with Crippen LogP contribution >= 0.6 is 0 Å². The number of nitrogens with zero attached hydrogens (tertiary/aromatic N) is 2. The first-order valence-corrected chi connectivity index (χ1v) is 9.67. The largest absolute Gasteiger partial charge is 0.494 e. The highest BCUT2D eigenvalue weighted by Gasteiger charge is 2.29. The summed E-state index contributed by atoms with van der Waals surface area (Å²) < 4.78 is 30.7. The van der Waals surface area contributed by atoms with Gasteiger partial charge in [-0.15, -0.1) is 0 Å². The molecule has 1 saturated heterocycles. The normalized spacial score (nSPS) is 15.4. The number of carbonyl (C=O) groups is 1. The Bertz CT molecular complexity index is 988. The molecule has 1 fully saturated rings. The number of nitro groups is 1. The summed E-state index contributed by atoms with van der Waals surface area (Å²) in [6.45, 7) is 0.403. The van der Waals surface area contributed by atoms with E-state index in [-0.39, 0.29) is 17.0 Å². The standard InChI is InChI=1S/C17H17N3O6S/c1-26-16-11-14(19-9-2-10-27(19,24)25)7-8-15(16)18-17(21)12-3-5-13(6-4-12)20(22)23/h3-8,11H,2,9-10H2,1H3,(H,18,21). The van der Waals surface area contributed by atoms with Crippen LogP contribution < -0.4 is 14.4 Å². The van der Waals surface area contributed by atoms with Crippen LogP contribution in [-0.4, -0.2) is 38.7 Å². The minimum Gasteiger partial charge on any atom is -0.494 e. The summed E-state index contributed by atoms with van der Waals surface area (Å²) in [4.78, 5) is 22.5. The predicted octanol–water partition coefficient (Wildman–Crippen LogP) is 2.40. The molecule has 10 heteroatoms. The van der Waals surface area contributed by atoms with Gasteiger partial charge in [-0.05, 0) is 30.7 Å². The smallest absolute Gasteiger partial charge is 0.269 e. The van der Waals surface area contributed by atoms with Crippen LogP contribution in [0.5, 0.6) is 5.75 Å². The molecule has 0 atom stereocenters. The highest BCUT2D eigenvalue weighted by Crippen LogP contribution is 2.33. The molecule has 1 amide bonds. The Hall–Kier alpha value is -3.14. The van der Waals surface area contributed by atoms with E-state index in [4.69, 9.17) is 4.74 Å². The highest BCUT2D eigenvalue weighted by atomic mass is 32.2. The van der Waals surface area contributed by atoms with Gasteiger partial charge >= 0.3 is 0 Å². The second kappa shape index (κ2) is 7.23. The number of hydrogen-bond donors (Lipinski definition) is 1. The minimum atomic E-state index is -3.32. The number of nitrogens with one attached hydrogen (secondary N) is 1. The van der Waals surface area contributed by atoms with Gasteiger partial charge in [0.2, 0.25) is 10.0 Å². The van der Waals surface area contributed by atoms with E-state index >= 15 is 0 Å². The van der Waals surface area contributed by atoms with Crippen molar-refractivity contribution < 1.29 is 22.9 Å². The van der Waals surface area contributed by atoms with Crippen molar-refractivity contribution in [2.75, 3.05) is 29.0 Å². The Morgan fingerprint density at radius 2 is 1.93 bits per heavy atom. The average Bonchev–Trinajstić information content (AvgIpc) is 3.01. The topological polar surface area (TPSA) is 119 Å². The Kier molecular flexibility index (Phi) is 5.00. The lowest BCUT2D eigenvalue weighted by Gasteiger charge is -2.19. The van der Waals surface area contributed by atoms with Crippen molar-refractivity contribution in [3.8, 4) is 5.75 Å². The number of ether oxygens (including phenoxy) is 1. The molecule has 142 valence electrons. The minimum absolute atomic E-state index is 0.105. The Balaban J connectivity index is 1.82. The molecule has 0 radical (unpaired) electrons. The summed E-state index contributed by atoms with van der Waals surface area (Å²) in [6.07, 6.45) is 0.559. The lowest BCUT2D eigenvalue weighted by Crippen LogP contribution is -2.25. The fourth-order valence-corrected chi connectivity index (χ4v) is 4.35. The van der Waals surface area contributed by atoms with Gasteiger partial charge in [0.05, 0.1) is 29.2 Å². The Morgan fingerprint density at radius 3 is 2.48 bits per heavy atom. The van der Waals surface area contributed by atoms with E-state index in [1.807, 2.05) is 0 Å². The van der Waals surface area contributed by atoms with Gasteiger partial charge in [0.1, 0.15) is 5.75 Å². The van der Waals surface area contributed by atoms with Crippen LogP contribution in [0.15, 0.2) is 42.5 Å². The summed E-state index contributed by atoms with van der Waals surface area (Å²) in [5.74, 6) is -0.0527. The molecular weight excluding hydrogens is 374 g/mol. The van der Waals surface area contributed by atoms with Gasteiger partial charge in [-0.1, -0.05) is 0 Å². The van der Waals surface area contributed by atoms with E-state index in [0.717, 1.165) is 0 Å². The first-order valence-electron chi connectivity index (χ1n) is 8.06. The quantitative estimate of drug-likeness (QED) is 0.617. The van der Waals surface area contributed by atoms with Crippen molar-refractivity contribution in [3.63, 3.8) is 0 Å². The fourth-order valence-electron chi connectivity index (χ4n) is 2.80. The van der Waals surface area contributed by atoms with Crippen LogP contribution in [0.2, 0.25) is 0 Å². The van der Waals surface area contributed by atoms with Gasteiger partial charge in [-0.25, -0.2) is 8.42 Å². The molecule has 1 N–H and O–H groups in total. The molecule has 0 spiro atoms. The molecule has 1 aliphatic rings. The zero-order chi connectivity index (χ0) is 19.6. The van der Waals surface area contributed by atoms with Gasteiger partial charge in [-0.3, -0.25) is 19.2 Å². The molecule has 0 aliphatic carbocycles. The van der Waals surface area contributed by atoms with Crippen LogP contribution in [0, 0.1) is 10.1 Å². The van der Waals surface area contributed by atoms with Crippen LogP contribution in [0.4, 0.5) is 17.1 Å². The van der Waals surface area contributed by atoms with E-state index < -0.39 is 20.9 Å². The van der Waals surface area contributed by atoms with E-state index in [0.29, 0.717) is 30.1 Å². The van der Waals surface area contributed by atoms with E-state index in [1.165, 1.54) is 35.7 Å². The van der Waals surface area contributed by atoms with E-state index in [2.05, 4.69) is 5.32 Å².